The van der Waals surface area contributed by atoms with Gasteiger partial charge in [-0.15, -0.1) is 0 Å². The van der Waals surface area contributed by atoms with Gasteiger partial charge >= 0.3 is 0 Å². The molecular weight excluding hydrogens is 250 g/mol. The molecule has 0 bridgehead atoms. The monoisotopic (exact) mass is 271 g/mol. The van der Waals surface area contributed by atoms with E-state index < -0.39 is 0 Å². The Balaban J connectivity index is 1.88. The summed E-state index contributed by atoms with van der Waals surface area (Å²) >= 11 is 0. The number of fused-ring (bicyclic) bond motifs is 1. The lowest BCUT2D eigenvalue weighted by molar-refractivity contribution is 0.0945. The van der Waals surface area contributed by atoms with Crippen molar-refractivity contribution in [2.75, 3.05) is 5.73 Å². The fourth-order valence-electron chi connectivity index (χ4n) is 3.10. The van der Waals surface area contributed by atoms with Gasteiger partial charge in [-0.05, 0) is 29.0 Å². The van der Waals surface area contributed by atoms with Crippen LogP contribution in [0.2, 0.25) is 0 Å². The Morgan fingerprint density at radius 2 is 1.90 bits per heavy atom. The first-order chi connectivity index (χ1) is 9.25. The lowest BCUT2D eigenvalue weighted by atomic mass is 10.0. The van der Waals surface area contributed by atoms with Crippen molar-refractivity contribution < 1.29 is 4.79 Å². The molecule has 106 valence electrons. The van der Waals surface area contributed by atoms with E-state index in [-0.39, 0.29) is 22.8 Å². The van der Waals surface area contributed by atoms with Gasteiger partial charge in [0.1, 0.15) is 0 Å². The molecule has 0 aliphatic heterocycles. The third-order valence-corrected chi connectivity index (χ3v) is 5.25. The first kappa shape index (κ1) is 13.0. The summed E-state index contributed by atoms with van der Waals surface area (Å²) in [5.41, 5.74) is 8.29. The smallest absolute Gasteiger partial charge is 0.253 e. The highest BCUT2D eigenvalue weighted by Gasteiger charge is 2.65. The summed E-state index contributed by atoms with van der Waals surface area (Å²) in [6.07, 6.45) is 1.75. The predicted molar refractivity (Wildman–Crippen MR) is 81.5 cm³/mol. The summed E-state index contributed by atoms with van der Waals surface area (Å²) in [6, 6.07) is 5.76. The highest BCUT2D eigenvalue weighted by Crippen LogP contribution is 2.62. The van der Waals surface area contributed by atoms with Crippen LogP contribution in [0.5, 0.6) is 0 Å². The van der Waals surface area contributed by atoms with E-state index in [1.807, 2.05) is 18.2 Å². The largest absolute Gasteiger partial charge is 0.399 e. The molecule has 1 aliphatic rings. The molecule has 0 unspecified atom stereocenters. The number of aromatic amines is 1. The molecule has 4 N–H and O–H groups in total. The van der Waals surface area contributed by atoms with E-state index in [4.69, 9.17) is 5.73 Å². The molecule has 20 heavy (non-hydrogen) atoms. The Morgan fingerprint density at radius 3 is 2.50 bits per heavy atom. The van der Waals surface area contributed by atoms with Crippen LogP contribution in [0.15, 0.2) is 24.4 Å². The van der Waals surface area contributed by atoms with Gasteiger partial charge in [-0.2, -0.15) is 0 Å². The second-order valence-corrected chi connectivity index (χ2v) is 6.86. The second-order valence-electron chi connectivity index (χ2n) is 6.86. The minimum atomic E-state index is -0.0235. The Labute approximate surface area is 118 Å². The molecule has 0 atom stereocenters. The van der Waals surface area contributed by atoms with Gasteiger partial charge in [0, 0.05) is 28.8 Å². The fourth-order valence-corrected chi connectivity index (χ4v) is 3.10. The SMILES string of the molecule is CC1(C)C(NC(=O)c2c[nH]c3cc(N)ccc23)C1(C)C. The number of nitrogen functional groups attached to an aromatic ring is 1. The molecule has 1 aliphatic carbocycles. The average Bonchev–Trinajstić information content (AvgIpc) is 2.69. The van der Waals surface area contributed by atoms with Crippen molar-refractivity contribution in [2.24, 2.45) is 10.8 Å². The van der Waals surface area contributed by atoms with E-state index in [9.17, 15) is 4.79 Å². The number of carbonyl (C=O) groups excluding carboxylic acids is 1. The van der Waals surface area contributed by atoms with Crippen molar-refractivity contribution in [1.82, 2.24) is 10.3 Å². The minimum absolute atomic E-state index is 0.0235. The first-order valence-corrected chi connectivity index (χ1v) is 6.92. The van der Waals surface area contributed by atoms with Crippen molar-refractivity contribution in [3.8, 4) is 0 Å². The number of amides is 1. The summed E-state index contributed by atoms with van der Waals surface area (Å²) in [5.74, 6) is -0.0235. The van der Waals surface area contributed by atoms with Crippen LogP contribution in [-0.4, -0.2) is 16.9 Å². The normalized spacial score (nSPS) is 20.0. The van der Waals surface area contributed by atoms with E-state index in [1.165, 1.54) is 0 Å². The zero-order valence-electron chi connectivity index (χ0n) is 12.4. The minimum Gasteiger partial charge on any atom is -0.399 e. The Kier molecular flexibility index (Phi) is 2.46. The number of nitrogens with one attached hydrogen (secondary N) is 2. The molecule has 1 saturated carbocycles. The molecular formula is C16H21N3O. The third kappa shape index (κ3) is 1.64. The molecule has 1 fully saturated rings. The van der Waals surface area contributed by atoms with Crippen molar-refractivity contribution in [1.29, 1.82) is 0 Å². The summed E-state index contributed by atoms with van der Waals surface area (Å²) in [6.45, 7) is 8.75. The van der Waals surface area contributed by atoms with Gasteiger partial charge in [-0.1, -0.05) is 27.7 Å². The van der Waals surface area contributed by atoms with Gasteiger partial charge in [0.05, 0.1) is 5.56 Å². The number of hydrogen-bond donors (Lipinski definition) is 3. The molecule has 1 heterocycles. The molecule has 4 heteroatoms. The van der Waals surface area contributed by atoms with Crippen LogP contribution in [0, 0.1) is 10.8 Å². The molecule has 2 aromatic rings. The summed E-state index contributed by atoms with van der Waals surface area (Å²) in [7, 11) is 0. The number of aromatic nitrogens is 1. The number of nitrogens with two attached hydrogens (primary N) is 1. The van der Waals surface area contributed by atoms with Crippen LogP contribution in [0.3, 0.4) is 0 Å². The standard InChI is InChI=1S/C16H21N3O/c1-15(2)14(16(15,3)4)19-13(20)11-8-18-12-7-9(17)5-6-10(11)12/h5-8,14,18H,17H2,1-4H3,(H,19,20). The van der Waals surface area contributed by atoms with E-state index >= 15 is 0 Å². The van der Waals surface area contributed by atoms with Crippen LogP contribution >= 0.6 is 0 Å². The maximum Gasteiger partial charge on any atom is 0.253 e. The molecule has 1 aromatic carbocycles. The van der Waals surface area contributed by atoms with Gasteiger partial charge in [-0.3, -0.25) is 4.79 Å². The van der Waals surface area contributed by atoms with E-state index in [0.29, 0.717) is 11.3 Å². The van der Waals surface area contributed by atoms with Crippen LogP contribution in [0.25, 0.3) is 10.9 Å². The number of carbonyl (C=O) groups is 1. The Morgan fingerprint density at radius 1 is 1.25 bits per heavy atom. The summed E-state index contributed by atoms with van der Waals surface area (Å²) in [5, 5.41) is 4.06. The molecule has 1 amide bonds. The van der Waals surface area contributed by atoms with E-state index in [1.54, 1.807) is 6.20 Å². The summed E-state index contributed by atoms with van der Waals surface area (Å²) < 4.78 is 0. The van der Waals surface area contributed by atoms with Crippen molar-refractivity contribution in [2.45, 2.75) is 33.7 Å². The van der Waals surface area contributed by atoms with Crippen molar-refractivity contribution in [3.05, 3.63) is 30.0 Å². The lowest BCUT2D eigenvalue weighted by Gasteiger charge is -2.06. The molecule has 4 nitrogen and oxygen atoms in total. The van der Waals surface area contributed by atoms with Gasteiger partial charge in [0.15, 0.2) is 0 Å². The molecule has 3 rings (SSSR count). The second kappa shape index (κ2) is 3.78. The Bertz CT molecular complexity index is 683. The van der Waals surface area contributed by atoms with E-state index in [0.717, 1.165) is 10.9 Å². The maximum absolute atomic E-state index is 12.5. The topological polar surface area (TPSA) is 70.9 Å². The van der Waals surface area contributed by atoms with Crippen molar-refractivity contribution in [3.63, 3.8) is 0 Å². The van der Waals surface area contributed by atoms with Gasteiger partial charge < -0.3 is 16.0 Å². The lowest BCUT2D eigenvalue weighted by Crippen LogP contribution is -2.29. The summed E-state index contributed by atoms with van der Waals surface area (Å²) in [4.78, 5) is 15.6. The number of benzene rings is 1. The zero-order chi connectivity index (χ0) is 14.7. The maximum atomic E-state index is 12.5. The number of anilines is 1. The first-order valence-electron chi connectivity index (χ1n) is 6.92. The third-order valence-electron chi connectivity index (χ3n) is 5.25. The van der Waals surface area contributed by atoms with Gasteiger partial charge in [-0.25, -0.2) is 0 Å². The molecule has 0 saturated heterocycles. The average molecular weight is 271 g/mol. The predicted octanol–water partition coefficient (Wildman–Crippen LogP) is 2.91. The molecule has 0 radical (unpaired) electrons. The van der Waals surface area contributed by atoms with E-state index in [2.05, 4.69) is 38.0 Å². The highest BCUT2D eigenvalue weighted by atomic mass is 16.1. The Hall–Kier alpha value is -1.97. The number of hydrogen-bond acceptors (Lipinski definition) is 2. The molecule has 0 spiro atoms. The zero-order valence-corrected chi connectivity index (χ0v) is 12.4. The van der Waals surface area contributed by atoms with Crippen molar-refractivity contribution >= 4 is 22.5 Å². The number of rotatable bonds is 2. The quantitative estimate of drug-likeness (QED) is 0.735. The van der Waals surface area contributed by atoms with Crippen LogP contribution in [0.4, 0.5) is 5.69 Å². The van der Waals surface area contributed by atoms with Crippen LogP contribution in [0.1, 0.15) is 38.1 Å². The fraction of sp³-hybridized carbons (Fsp3) is 0.438. The van der Waals surface area contributed by atoms with Gasteiger partial charge in [0.25, 0.3) is 5.91 Å². The molecule has 1 aromatic heterocycles. The van der Waals surface area contributed by atoms with Gasteiger partial charge in [0.2, 0.25) is 0 Å². The van der Waals surface area contributed by atoms with Crippen LogP contribution in [-0.2, 0) is 0 Å². The number of H-pyrrole nitrogens is 1. The highest BCUT2D eigenvalue weighted by molar-refractivity contribution is 6.07. The van der Waals surface area contributed by atoms with Crippen LogP contribution < -0.4 is 11.1 Å².